The Kier molecular flexibility index (Phi) is 6.03. The zero-order chi connectivity index (χ0) is 15.1. The molecular weight excluding hydrogens is 260 g/mol. The van der Waals surface area contributed by atoms with Crippen LogP contribution in [-0.4, -0.2) is 29.8 Å². The highest BCUT2D eigenvalue weighted by Gasteiger charge is 2.24. The number of carboxylic acids is 1. The van der Waals surface area contributed by atoms with Gasteiger partial charge in [-0.2, -0.15) is 0 Å². The van der Waals surface area contributed by atoms with Crippen molar-refractivity contribution in [1.82, 2.24) is 0 Å². The summed E-state index contributed by atoms with van der Waals surface area (Å²) in [6.07, 6.45) is 0.434. The first-order chi connectivity index (χ1) is 9.51. The normalized spacial score (nSPS) is 11.8. The van der Waals surface area contributed by atoms with Crippen LogP contribution in [-0.2, 0) is 9.53 Å². The lowest BCUT2D eigenvalue weighted by atomic mass is 10.1. The van der Waals surface area contributed by atoms with Crippen LogP contribution in [0, 0.1) is 6.92 Å². The Morgan fingerprint density at radius 3 is 2.55 bits per heavy atom. The van der Waals surface area contributed by atoms with E-state index < -0.39 is 18.0 Å². The van der Waals surface area contributed by atoms with Crippen LogP contribution >= 0.6 is 0 Å². The van der Waals surface area contributed by atoms with Gasteiger partial charge in [0, 0.05) is 0 Å². The number of hydrogen-bond acceptors (Lipinski definition) is 4. The van der Waals surface area contributed by atoms with E-state index in [-0.39, 0.29) is 17.9 Å². The summed E-state index contributed by atoms with van der Waals surface area (Å²) in [5, 5.41) is 9.18. The van der Waals surface area contributed by atoms with E-state index in [0.717, 1.165) is 6.42 Å². The number of para-hydroxylation sites is 1. The van der Waals surface area contributed by atoms with Gasteiger partial charge in [-0.1, -0.05) is 25.5 Å². The molecule has 5 heteroatoms. The Bertz CT molecular complexity index is 481. The van der Waals surface area contributed by atoms with Gasteiger partial charge in [0.25, 0.3) is 0 Å². The summed E-state index contributed by atoms with van der Waals surface area (Å²) in [5.41, 5.74) is 0.728. The van der Waals surface area contributed by atoms with E-state index in [1.807, 2.05) is 6.92 Å². The quantitative estimate of drug-likeness (QED) is 0.777. The number of carbonyl (C=O) groups is 2. The first kappa shape index (κ1) is 16.0. The molecule has 0 spiro atoms. The maximum absolute atomic E-state index is 11.8. The maximum atomic E-state index is 11.8. The molecule has 110 valence electrons. The van der Waals surface area contributed by atoms with Gasteiger partial charge in [0.1, 0.15) is 11.3 Å². The van der Waals surface area contributed by atoms with Crippen molar-refractivity contribution in [2.45, 2.75) is 39.7 Å². The van der Waals surface area contributed by atoms with Crippen molar-refractivity contribution in [3.8, 4) is 5.75 Å². The fourth-order valence-corrected chi connectivity index (χ4v) is 1.84. The second-order valence-electron chi connectivity index (χ2n) is 4.40. The monoisotopic (exact) mass is 280 g/mol. The number of aromatic carboxylic acids is 1. The predicted molar refractivity (Wildman–Crippen MR) is 74.1 cm³/mol. The molecule has 0 bridgehead atoms. The summed E-state index contributed by atoms with van der Waals surface area (Å²) in [5.74, 6) is -1.32. The molecule has 1 atom stereocenters. The average Bonchev–Trinajstić information content (AvgIpc) is 2.40. The number of benzene rings is 1. The largest absolute Gasteiger partial charge is 0.478 e. The van der Waals surface area contributed by atoms with Crippen molar-refractivity contribution >= 4 is 11.9 Å². The first-order valence-corrected chi connectivity index (χ1v) is 6.67. The van der Waals surface area contributed by atoms with Crippen LogP contribution in [0.5, 0.6) is 5.75 Å². The van der Waals surface area contributed by atoms with Crippen molar-refractivity contribution in [2.75, 3.05) is 6.61 Å². The summed E-state index contributed by atoms with van der Waals surface area (Å²) < 4.78 is 10.6. The standard InChI is InChI=1S/C15H20O5/c1-4-7-12(15(18)19-5-2)20-13-10(3)8-6-9-11(13)14(16)17/h6,8-9,12H,4-5,7H2,1-3H3,(H,16,17). The van der Waals surface area contributed by atoms with Gasteiger partial charge in [-0.15, -0.1) is 0 Å². The highest BCUT2D eigenvalue weighted by atomic mass is 16.6. The smallest absolute Gasteiger partial charge is 0.347 e. The maximum Gasteiger partial charge on any atom is 0.347 e. The number of hydrogen-bond donors (Lipinski definition) is 1. The SMILES string of the molecule is CCCC(Oc1c(C)cccc1C(=O)O)C(=O)OCC. The van der Waals surface area contributed by atoms with Crippen molar-refractivity contribution in [3.63, 3.8) is 0 Å². The van der Waals surface area contributed by atoms with Gasteiger partial charge in [-0.25, -0.2) is 9.59 Å². The summed E-state index contributed by atoms with van der Waals surface area (Å²) >= 11 is 0. The van der Waals surface area contributed by atoms with Gasteiger partial charge in [-0.05, 0) is 31.9 Å². The molecule has 20 heavy (non-hydrogen) atoms. The second-order valence-corrected chi connectivity index (χ2v) is 4.40. The molecular formula is C15H20O5. The molecule has 1 aromatic carbocycles. The summed E-state index contributed by atoms with van der Waals surface area (Å²) in [6.45, 7) is 5.65. The summed E-state index contributed by atoms with van der Waals surface area (Å²) in [6, 6.07) is 4.85. The van der Waals surface area contributed by atoms with Gasteiger partial charge in [0.2, 0.25) is 0 Å². The number of ether oxygens (including phenoxy) is 2. The average molecular weight is 280 g/mol. The minimum atomic E-state index is -1.08. The molecule has 0 aliphatic heterocycles. The minimum absolute atomic E-state index is 0.0513. The first-order valence-electron chi connectivity index (χ1n) is 6.67. The Morgan fingerprint density at radius 2 is 2.00 bits per heavy atom. The number of esters is 1. The highest BCUT2D eigenvalue weighted by molar-refractivity contribution is 5.91. The number of aryl methyl sites for hydroxylation is 1. The molecule has 1 rings (SSSR count). The molecule has 0 aliphatic rings. The van der Waals surface area contributed by atoms with Crippen LogP contribution in [0.25, 0.3) is 0 Å². The van der Waals surface area contributed by atoms with E-state index in [4.69, 9.17) is 9.47 Å². The third kappa shape index (κ3) is 3.98. The zero-order valence-electron chi connectivity index (χ0n) is 12.0. The lowest BCUT2D eigenvalue weighted by molar-refractivity contribution is -0.151. The van der Waals surface area contributed by atoms with E-state index in [1.165, 1.54) is 6.07 Å². The van der Waals surface area contributed by atoms with Gasteiger partial charge < -0.3 is 14.6 Å². The lowest BCUT2D eigenvalue weighted by Crippen LogP contribution is -2.30. The van der Waals surface area contributed by atoms with E-state index in [9.17, 15) is 14.7 Å². The van der Waals surface area contributed by atoms with E-state index in [2.05, 4.69) is 0 Å². The van der Waals surface area contributed by atoms with Gasteiger partial charge in [0.05, 0.1) is 6.61 Å². The molecule has 1 unspecified atom stereocenters. The van der Waals surface area contributed by atoms with Crippen LogP contribution in [0.15, 0.2) is 18.2 Å². The number of rotatable bonds is 7. The molecule has 0 aromatic heterocycles. The Balaban J connectivity index is 3.04. The third-order valence-electron chi connectivity index (χ3n) is 2.80. The van der Waals surface area contributed by atoms with E-state index in [0.29, 0.717) is 12.0 Å². The molecule has 0 heterocycles. The molecule has 1 N–H and O–H groups in total. The van der Waals surface area contributed by atoms with Crippen molar-refractivity contribution in [2.24, 2.45) is 0 Å². The summed E-state index contributed by atoms with van der Waals surface area (Å²) in [7, 11) is 0. The van der Waals surface area contributed by atoms with Crippen LogP contribution in [0.4, 0.5) is 0 Å². The predicted octanol–water partition coefficient (Wildman–Crippen LogP) is 2.80. The molecule has 0 saturated carbocycles. The molecule has 0 fully saturated rings. The molecule has 0 amide bonds. The molecule has 0 aliphatic carbocycles. The van der Waals surface area contributed by atoms with Crippen molar-refractivity contribution in [3.05, 3.63) is 29.3 Å². The molecule has 5 nitrogen and oxygen atoms in total. The number of carboxylic acid groups (broad SMARTS) is 1. The lowest BCUT2D eigenvalue weighted by Gasteiger charge is -2.19. The Hall–Kier alpha value is -2.04. The summed E-state index contributed by atoms with van der Waals surface area (Å²) in [4.78, 5) is 23.0. The fourth-order valence-electron chi connectivity index (χ4n) is 1.84. The Labute approximate surface area is 118 Å². The zero-order valence-corrected chi connectivity index (χ0v) is 12.0. The van der Waals surface area contributed by atoms with Gasteiger partial charge >= 0.3 is 11.9 Å². The topological polar surface area (TPSA) is 72.8 Å². The second kappa shape index (κ2) is 7.53. The fraction of sp³-hybridized carbons (Fsp3) is 0.467. The molecule has 0 radical (unpaired) electrons. The highest BCUT2D eigenvalue weighted by Crippen LogP contribution is 2.25. The van der Waals surface area contributed by atoms with Crippen LogP contribution in [0.2, 0.25) is 0 Å². The van der Waals surface area contributed by atoms with E-state index in [1.54, 1.807) is 26.0 Å². The van der Waals surface area contributed by atoms with Gasteiger partial charge in [0.15, 0.2) is 6.10 Å². The van der Waals surface area contributed by atoms with Crippen LogP contribution < -0.4 is 4.74 Å². The van der Waals surface area contributed by atoms with Gasteiger partial charge in [-0.3, -0.25) is 0 Å². The Morgan fingerprint density at radius 1 is 1.30 bits per heavy atom. The van der Waals surface area contributed by atoms with Crippen molar-refractivity contribution in [1.29, 1.82) is 0 Å². The van der Waals surface area contributed by atoms with Crippen LogP contribution in [0.1, 0.15) is 42.6 Å². The minimum Gasteiger partial charge on any atom is -0.478 e. The number of carbonyl (C=O) groups excluding carboxylic acids is 1. The molecule has 1 aromatic rings. The van der Waals surface area contributed by atoms with E-state index >= 15 is 0 Å². The molecule has 0 saturated heterocycles. The van der Waals surface area contributed by atoms with Crippen molar-refractivity contribution < 1.29 is 24.2 Å². The third-order valence-corrected chi connectivity index (χ3v) is 2.80. The van der Waals surface area contributed by atoms with Crippen LogP contribution in [0.3, 0.4) is 0 Å².